The van der Waals surface area contributed by atoms with Gasteiger partial charge in [-0.3, -0.25) is 5.32 Å². The van der Waals surface area contributed by atoms with Gasteiger partial charge < -0.3 is 23.7 Å². The standard InChI is InChI=1S/C36H37N7O8S2/c1-36(2,3)51-35(44)41-34-39-28-8-6-7-27(31(28)40-34)26-17-18-29(52(45)46)32(30(26)33-37-21-38-42-33)53(47,48)43(19-22-9-13-24(49-4)14-10-22)20-23-11-15-25(50-5)16-12-23/h6-18H,19-21H2,1-5H3,(H,45,46)(H2,39,40,41,44). The van der Waals surface area contributed by atoms with Crippen molar-refractivity contribution in [3.05, 3.63) is 95.6 Å². The molecule has 0 aliphatic carbocycles. The zero-order chi connectivity index (χ0) is 37.9. The fourth-order valence-electron chi connectivity index (χ4n) is 5.69. The van der Waals surface area contributed by atoms with Gasteiger partial charge in [-0.1, -0.05) is 42.5 Å². The van der Waals surface area contributed by atoms with Gasteiger partial charge in [0.1, 0.15) is 22.0 Å². The average molecular weight is 760 g/mol. The summed E-state index contributed by atoms with van der Waals surface area (Å²) in [7, 11) is -1.58. The molecule has 2 heterocycles. The van der Waals surface area contributed by atoms with E-state index in [9.17, 15) is 13.6 Å². The second kappa shape index (κ2) is 15.2. The maximum absolute atomic E-state index is 15.2. The number of amides is 1. The van der Waals surface area contributed by atoms with Crippen molar-refractivity contribution in [2.45, 2.75) is 49.3 Å². The zero-order valence-corrected chi connectivity index (χ0v) is 31.1. The predicted molar refractivity (Wildman–Crippen MR) is 199 cm³/mol. The molecule has 0 bridgehead atoms. The van der Waals surface area contributed by atoms with E-state index in [0.29, 0.717) is 44.8 Å². The van der Waals surface area contributed by atoms with Gasteiger partial charge in [0, 0.05) is 18.7 Å². The van der Waals surface area contributed by atoms with Crippen molar-refractivity contribution < 1.29 is 36.2 Å². The number of nitrogens with one attached hydrogen (secondary N) is 2. The smallest absolute Gasteiger partial charge is 0.414 e. The van der Waals surface area contributed by atoms with E-state index in [1.165, 1.54) is 30.7 Å². The molecule has 0 fully saturated rings. The third-order valence-electron chi connectivity index (χ3n) is 8.04. The average Bonchev–Trinajstić information content (AvgIpc) is 3.81. The Kier molecular flexibility index (Phi) is 10.7. The summed E-state index contributed by atoms with van der Waals surface area (Å²) >= 11 is -2.77. The van der Waals surface area contributed by atoms with E-state index in [1.807, 2.05) is 0 Å². The van der Waals surface area contributed by atoms with Gasteiger partial charge in [0.2, 0.25) is 16.0 Å². The van der Waals surface area contributed by atoms with Crippen LogP contribution in [0, 0.1) is 0 Å². The van der Waals surface area contributed by atoms with Crippen LogP contribution < -0.4 is 14.8 Å². The molecular formula is C36H37N7O8S2. The number of para-hydroxylation sites is 1. The number of carbonyl (C=O) groups is 1. The van der Waals surface area contributed by atoms with Crippen molar-refractivity contribution in [3.8, 4) is 22.6 Å². The van der Waals surface area contributed by atoms with Crippen LogP contribution in [0.3, 0.4) is 0 Å². The molecule has 0 spiro atoms. The van der Waals surface area contributed by atoms with Crippen molar-refractivity contribution in [2.75, 3.05) is 26.2 Å². The van der Waals surface area contributed by atoms with E-state index in [1.54, 1.807) is 87.5 Å². The lowest BCUT2D eigenvalue weighted by atomic mass is 9.97. The van der Waals surface area contributed by atoms with E-state index in [0.717, 1.165) is 0 Å². The zero-order valence-electron chi connectivity index (χ0n) is 29.5. The van der Waals surface area contributed by atoms with E-state index in [-0.39, 0.29) is 42.0 Å². The summed E-state index contributed by atoms with van der Waals surface area (Å²) < 4.78 is 71.2. The Labute approximate surface area is 308 Å². The Morgan fingerprint density at radius 2 is 1.55 bits per heavy atom. The number of ether oxygens (including phenoxy) is 3. The summed E-state index contributed by atoms with van der Waals surface area (Å²) in [6.07, 6.45) is -0.725. The number of aliphatic imine (C=N–C) groups is 1. The minimum absolute atomic E-state index is 0.0298. The summed E-state index contributed by atoms with van der Waals surface area (Å²) in [6, 6.07) is 21.8. The monoisotopic (exact) mass is 759 g/mol. The molecule has 1 aliphatic rings. The number of aromatic nitrogens is 2. The second-order valence-corrected chi connectivity index (χ2v) is 15.6. The Bertz CT molecular complexity index is 2300. The molecule has 1 aliphatic heterocycles. The number of nitrogens with zero attached hydrogens (tertiary/aromatic N) is 5. The van der Waals surface area contributed by atoms with Crippen LogP contribution in [0.2, 0.25) is 0 Å². The summed E-state index contributed by atoms with van der Waals surface area (Å²) in [5.74, 6) is 1.23. The molecule has 53 heavy (non-hydrogen) atoms. The van der Waals surface area contributed by atoms with Crippen LogP contribution in [0.4, 0.5) is 10.7 Å². The molecular weight excluding hydrogens is 723 g/mol. The number of methoxy groups -OCH3 is 2. The first-order valence-corrected chi connectivity index (χ1v) is 18.8. The third-order valence-corrected chi connectivity index (χ3v) is 10.8. The van der Waals surface area contributed by atoms with Gasteiger partial charge in [0.15, 0.2) is 23.6 Å². The lowest BCUT2D eigenvalue weighted by molar-refractivity contribution is 0.0634. The van der Waals surface area contributed by atoms with Crippen LogP contribution in [0.25, 0.3) is 22.2 Å². The number of fused-ring (bicyclic) bond motifs is 1. The number of rotatable bonds is 12. The fraction of sp³-hybridized carbons (Fsp3) is 0.250. The number of azo groups is 1. The van der Waals surface area contributed by atoms with E-state index >= 15 is 8.42 Å². The van der Waals surface area contributed by atoms with Crippen LogP contribution in [-0.4, -0.2) is 69.9 Å². The molecule has 15 nitrogen and oxygen atoms in total. The number of hydrogen-bond acceptors (Lipinski definition) is 11. The highest BCUT2D eigenvalue weighted by molar-refractivity contribution is 7.90. The summed E-state index contributed by atoms with van der Waals surface area (Å²) in [5.41, 5.74) is 2.09. The molecule has 1 unspecified atom stereocenters. The fourth-order valence-corrected chi connectivity index (χ4v) is 8.35. The number of carbonyl (C=O) groups excluding carboxylic acids is 1. The molecule has 1 amide bonds. The van der Waals surface area contributed by atoms with Crippen molar-refractivity contribution in [2.24, 2.45) is 15.2 Å². The van der Waals surface area contributed by atoms with Gasteiger partial charge in [-0.25, -0.2) is 27.4 Å². The largest absolute Gasteiger partial charge is 0.497 e. The van der Waals surface area contributed by atoms with Gasteiger partial charge in [0.25, 0.3) is 0 Å². The highest BCUT2D eigenvalue weighted by Crippen LogP contribution is 2.39. The quantitative estimate of drug-likeness (QED) is 0.115. The van der Waals surface area contributed by atoms with Gasteiger partial charge in [-0.2, -0.15) is 9.42 Å². The normalized spacial score (nSPS) is 13.6. The van der Waals surface area contributed by atoms with Crippen LogP contribution in [-0.2, 0) is 38.9 Å². The number of aromatic amines is 1. The minimum Gasteiger partial charge on any atom is -0.497 e. The van der Waals surface area contributed by atoms with Crippen molar-refractivity contribution in [1.82, 2.24) is 14.3 Å². The number of H-pyrrole nitrogens is 1. The third kappa shape index (κ3) is 8.28. The van der Waals surface area contributed by atoms with Crippen molar-refractivity contribution in [1.29, 1.82) is 0 Å². The molecule has 276 valence electrons. The van der Waals surface area contributed by atoms with Crippen LogP contribution in [0.15, 0.2) is 104 Å². The Hall–Kier alpha value is -5.49. The molecule has 0 saturated carbocycles. The SMILES string of the molecule is COc1ccc(CN(Cc2ccc(OC)cc2)S(=O)(=O)c2c(S(=O)O)ccc(-c3cccc4[nH]c(NC(=O)OC(C)(C)C)nc34)c2C2=NCN=N2)cc1. The maximum atomic E-state index is 15.2. The number of hydrogen-bond donors (Lipinski definition) is 3. The molecule has 6 rings (SSSR count). The lowest BCUT2D eigenvalue weighted by Gasteiger charge is -2.26. The molecule has 0 saturated heterocycles. The Morgan fingerprint density at radius 3 is 2.08 bits per heavy atom. The van der Waals surface area contributed by atoms with Gasteiger partial charge in [-0.05, 0) is 73.9 Å². The number of anilines is 1. The van der Waals surface area contributed by atoms with Crippen LogP contribution in [0.5, 0.6) is 11.5 Å². The lowest BCUT2D eigenvalue weighted by Crippen LogP contribution is -2.32. The Balaban J connectivity index is 1.54. The van der Waals surface area contributed by atoms with Crippen LogP contribution >= 0.6 is 0 Å². The highest BCUT2D eigenvalue weighted by Gasteiger charge is 2.36. The first kappa shape index (κ1) is 37.3. The number of benzene rings is 4. The molecule has 5 aromatic rings. The topological polar surface area (TPSA) is 197 Å². The first-order chi connectivity index (χ1) is 25.3. The van der Waals surface area contributed by atoms with Crippen molar-refractivity contribution >= 4 is 50.0 Å². The molecule has 17 heteroatoms. The molecule has 4 aromatic carbocycles. The van der Waals surface area contributed by atoms with E-state index in [4.69, 9.17) is 14.2 Å². The number of sulfonamides is 1. The molecule has 0 radical (unpaired) electrons. The molecule has 3 N–H and O–H groups in total. The van der Waals surface area contributed by atoms with Gasteiger partial charge in [0.05, 0.1) is 35.7 Å². The Morgan fingerprint density at radius 1 is 0.925 bits per heavy atom. The minimum atomic E-state index is -4.65. The van der Waals surface area contributed by atoms with Gasteiger partial charge in [-0.15, -0.1) is 5.11 Å². The summed E-state index contributed by atoms with van der Waals surface area (Å²) in [6.45, 7) is 4.91. The van der Waals surface area contributed by atoms with Crippen molar-refractivity contribution in [3.63, 3.8) is 0 Å². The van der Waals surface area contributed by atoms with Gasteiger partial charge >= 0.3 is 6.09 Å². The summed E-state index contributed by atoms with van der Waals surface area (Å²) in [4.78, 5) is 23.8. The molecule has 1 atom stereocenters. The van der Waals surface area contributed by atoms with E-state index in [2.05, 4.69) is 30.5 Å². The molecule has 1 aromatic heterocycles. The first-order valence-electron chi connectivity index (χ1n) is 16.2. The number of imidazole rings is 1. The highest BCUT2D eigenvalue weighted by atomic mass is 32.2. The predicted octanol–water partition coefficient (Wildman–Crippen LogP) is 6.74. The maximum Gasteiger partial charge on any atom is 0.414 e. The van der Waals surface area contributed by atoms with Crippen LogP contribution in [0.1, 0.15) is 37.5 Å². The second-order valence-electron chi connectivity index (χ2n) is 12.8. The number of amidine groups is 1. The summed E-state index contributed by atoms with van der Waals surface area (Å²) in [5, 5.41) is 10.8. The van der Waals surface area contributed by atoms with E-state index < -0.39 is 37.7 Å².